The van der Waals surface area contributed by atoms with Crippen molar-refractivity contribution in [3.63, 3.8) is 0 Å². The molecule has 1 unspecified atom stereocenters. The van der Waals surface area contributed by atoms with Crippen molar-refractivity contribution in [3.8, 4) is 0 Å². The second-order valence-corrected chi connectivity index (χ2v) is 6.39. The van der Waals surface area contributed by atoms with Crippen LogP contribution in [0.4, 0.5) is 4.79 Å². The first-order chi connectivity index (χ1) is 7.87. The summed E-state index contributed by atoms with van der Waals surface area (Å²) < 4.78 is 5.41. The van der Waals surface area contributed by atoms with Gasteiger partial charge in [-0.25, -0.2) is 4.79 Å². The summed E-state index contributed by atoms with van der Waals surface area (Å²) in [5.74, 6) is 1.23. The molecule has 2 rings (SSSR count). The predicted octanol–water partition coefficient (Wildman–Crippen LogP) is 1.98. The van der Waals surface area contributed by atoms with Gasteiger partial charge in [0, 0.05) is 19.1 Å². The molecule has 3 atom stereocenters. The van der Waals surface area contributed by atoms with Crippen molar-refractivity contribution in [1.82, 2.24) is 4.90 Å². The maximum atomic E-state index is 12.0. The predicted molar refractivity (Wildman–Crippen MR) is 66.6 cm³/mol. The van der Waals surface area contributed by atoms with Crippen molar-refractivity contribution in [3.05, 3.63) is 0 Å². The van der Waals surface area contributed by atoms with Crippen molar-refractivity contribution >= 4 is 6.09 Å². The molecule has 4 heteroatoms. The van der Waals surface area contributed by atoms with E-state index in [0.717, 1.165) is 25.9 Å². The van der Waals surface area contributed by atoms with Crippen LogP contribution in [0.1, 0.15) is 40.0 Å². The molecule has 1 amide bonds. The SMILES string of the molecule is CC(C)(C)OC(=O)N1CCCC([C@@H]2C[C@H]2N)C1. The standard InChI is InChI=1S/C13H24N2O2/c1-13(2,3)17-12(16)15-6-4-5-9(8-15)10-7-11(10)14/h9-11H,4-8,14H2,1-3H3/t9?,10-,11+/m0/s1. The lowest BCUT2D eigenvalue weighted by atomic mass is 9.93. The number of ether oxygens (including phenoxy) is 1. The molecule has 2 aliphatic rings. The maximum Gasteiger partial charge on any atom is 0.410 e. The van der Waals surface area contributed by atoms with Crippen molar-refractivity contribution in [2.45, 2.75) is 51.7 Å². The third-order valence-corrected chi connectivity index (χ3v) is 3.61. The fraction of sp³-hybridized carbons (Fsp3) is 0.923. The second-order valence-electron chi connectivity index (χ2n) is 6.39. The van der Waals surface area contributed by atoms with E-state index >= 15 is 0 Å². The Balaban J connectivity index is 1.86. The van der Waals surface area contributed by atoms with Gasteiger partial charge < -0.3 is 15.4 Å². The van der Waals surface area contributed by atoms with Crippen LogP contribution in [0.5, 0.6) is 0 Å². The molecule has 1 saturated carbocycles. The van der Waals surface area contributed by atoms with Crippen LogP contribution in [0.2, 0.25) is 0 Å². The van der Waals surface area contributed by atoms with Crippen LogP contribution >= 0.6 is 0 Å². The lowest BCUT2D eigenvalue weighted by molar-refractivity contribution is 0.0153. The molecule has 0 aromatic carbocycles. The highest BCUT2D eigenvalue weighted by Gasteiger charge is 2.42. The number of piperidine rings is 1. The monoisotopic (exact) mass is 240 g/mol. The first-order valence-electron chi connectivity index (χ1n) is 6.60. The zero-order valence-corrected chi connectivity index (χ0v) is 11.1. The first kappa shape index (κ1) is 12.7. The summed E-state index contributed by atoms with van der Waals surface area (Å²) in [4.78, 5) is 13.8. The summed E-state index contributed by atoms with van der Waals surface area (Å²) in [7, 11) is 0. The number of nitrogens with zero attached hydrogens (tertiary/aromatic N) is 1. The molecule has 1 aliphatic carbocycles. The van der Waals surface area contributed by atoms with E-state index < -0.39 is 5.60 Å². The summed E-state index contributed by atoms with van der Waals surface area (Å²) in [5.41, 5.74) is 5.48. The zero-order chi connectivity index (χ0) is 12.6. The van der Waals surface area contributed by atoms with Gasteiger partial charge in [0.05, 0.1) is 0 Å². The largest absolute Gasteiger partial charge is 0.444 e. The average molecular weight is 240 g/mol. The average Bonchev–Trinajstić information content (AvgIpc) is 2.93. The minimum absolute atomic E-state index is 0.170. The number of hydrogen-bond donors (Lipinski definition) is 1. The van der Waals surface area contributed by atoms with Gasteiger partial charge in [0.1, 0.15) is 5.60 Å². The second kappa shape index (κ2) is 4.48. The van der Waals surface area contributed by atoms with Gasteiger partial charge in [-0.2, -0.15) is 0 Å². The molecule has 2 fully saturated rings. The summed E-state index contributed by atoms with van der Waals surface area (Å²) >= 11 is 0. The van der Waals surface area contributed by atoms with Crippen LogP contribution in [0, 0.1) is 11.8 Å². The minimum atomic E-state index is -0.403. The Kier molecular flexibility index (Phi) is 3.34. The molecule has 1 aliphatic heterocycles. The number of nitrogens with two attached hydrogens (primary N) is 1. The molecule has 98 valence electrons. The summed E-state index contributed by atoms with van der Waals surface area (Å²) in [6, 6.07) is 0.374. The highest BCUT2D eigenvalue weighted by atomic mass is 16.6. The summed E-state index contributed by atoms with van der Waals surface area (Å²) in [6.45, 7) is 7.37. The van der Waals surface area contributed by atoms with E-state index in [9.17, 15) is 4.79 Å². The Hall–Kier alpha value is -0.770. The third kappa shape index (κ3) is 3.35. The van der Waals surface area contributed by atoms with E-state index in [4.69, 9.17) is 10.5 Å². The number of hydrogen-bond acceptors (Lipinski definition) is 3. The number of carbonyl (C=O) groups is 1. The van der Waals surface area contributed by atoms with Gasteiger partial charge in [-0.15, -0.1) is 0 Å². The van der Waals surface area contributed by atoms with Gasteiger partial charge in [-0.1, -0.05) is 0 Å². The highest BCUT2D eigenvalue weighted by molar-refractivity contribution is 5.68. The maximum absolute atomic E-state index is 12.0. The van der Waals surface area contributed by atoms with E-state index in [1.807, 2.05) is 25.7 Å². The quantitative estimate of drug-likeness (QED) is 0.762. The van der Waals surface area contributed by atoms with Crippen molar-refractivity contribution in [2.75, 3.05) is 13.1 Å². The molecule has 2 N–H and O–H groups in total. The molecule has 0 bridgehead atoms. The van der Waals surface area contributed by atoms with Crippen LogP contribution < -0.4 is 5.73 Å². The number of carbonyl (C=O) groups excluding carboxylic acids is 1. The van der Waals surface area contributed by atoms with Crippen molar-refractivity contribution in [2.24, 2.45) is 17.6 Å². The molecule has 0 spiro atoms. The van der Waals surface area contributed by atoms with E-state index in [1.54, 1.807) is 0 Å². The molecular weight excluding hydrogens is 216 g/mol. The smallest absolute Gasteiger partial charge is 0.410 e. The van der Waals surface area contributed by atoms with E-state index in [2.05, 4.69) is 0 Å². The molecule has 1 heterocycles. The number of likely N-dealkylation sites (tertiary alicyclic amines) is 1. The Bertz CT molecular complexity index is 298. The number of rotatable bonds is 1. The van der Waals surface area contributed by atoms with Gasteiger partial charge in [0.15, 0.2) is 0 Å². The summed E-state index contributed by atoms with van der Waals surface area (Å²) in [6.07, 6.45) is 3.24. The molecular formula is C13H24N2O2. The van der Waals surface area contributed by atoms with E-state index in [1.165, 1.54) is 6.42 Å². The summed E-state index contributed by atoms with van der Waals surface area (Å²) in [5, 5.41) is 0. The molecule has 0 aromatic heterocycles. The van der Waals surface area contributed by atoms with Gasteiger partial charge >= 0.3 is 6.09 Å². The van der Waals surface area contributed by atoms with Crippen molar-refractivity contribution < 1.29 is 9.53 Å². The van der Waals surface area contributed by atoms with Crippen LogP contribution in [-0.4, -0.2) is 35.7 Å². The third-order valence-electron chi connectivity index (χ3n) is 3.61. The van der Waals surface area contributed by atoms with Crippen LogP contribution in [0.3, 0.4) is 0 Å². The first-order valence-corrected chi connectivity index (χ1v) is 6.60. The minimum Gasteiger partial charge on any atom is -0.444 e. The Morgan fingerprint density at radius 3 is 2.59 bits per heavy atom. The Morgan fingerprint density at radius 1 is 1.41 bits per heavy atom. The number of amides is 1. The molecule has 4 nitrogen and oxygen atoms in total. The Labute approximate surface area is 103 Å². The molecule has 17 heavy (non-hydrogen) atoms. The fourth-order valence-electron chi connectivity index (χ4n) is 2.63. The normalized spacial score (nSPS) is 33.4. The van der Waals surface area contributed by atoms with Crippen LogP contribution in [-0.2, 0) is 4.74 Å². The van der Waals surface area contributed by atoms with Gasteiger partial charge in [0.2, 0.25) is 0 Å². The van der Waals surface area contributed by atoms with E-state index in [-0.39, 0.29) is 6.09 Å². The van der Waals surface area contributed by atoms with Gasteiger partial charge in [-0.05, 0) is 51.9 Å². The molecule has 0 aromatic rings. The molecule has 1 saturated heterocycles. The zero-order valence-electron chi connectivity index (χ0n) is 11.1. The van der Waals surface area contributed by atoms with Crippen LogP contribution in [0.15, 0.2) is 0 Å². The van der Waals surface area contributed by atoms with Gasteiger partial charge in [0.25, 0.3) is 0 Å². The van der Waals surface area contributed by atoms with Crippen LogP contribution in [0.25, 0.3) is 0 Å². The van der Waals surface area contributed by atoms with Crippen molar-refractivity contribution in [1.29, 1.82) is 0 Å². The fourth-order valence-corrected chi connectivity index (χ4v) is 2.63. The molecule has 0 radical (unpaired) electrons. The lowest BCUT2D eigenvalue weighted by Gasteiger charge is -2.34. The topological polar surface area (TPSA) is 55.6 Å². The lowest BCUT2D eigenvalue weighted by Crippen LogP contribution is -2.43. The van der Waals surface area contributed by atoms with E-state index in [0.29, 0.717) is 17.9 Å². The Morgan fingerprint density at radius 2 is 2.06 bits per heavy atom. The van der Waals surface area contributed by atoms with Gasteiger partial charge in [-0.3, -0.25) is 0 Å². The highest BCUT2D eigenvalue weighted by Crippen LogP contribution is 2.40.